The molecule has 0 spiro atoms. The van der Waals surface area contributed by atoms with Crippen molar-refractivity contribution in [2.24, 2.45) is 10.2 Å². The lowest BCUT2D eigenvalue weighted by atomic mass is 10.1. The SMILES string of the molecule is Cc1nn(-c2cc(S(=O)(=O)O)ccc2S(=O)(=O)O)c(N)c1/N=N/c1nc2ccc3c(SOOO)cccc3c2s1. The Bertz CT molecular complexity index is 2040. The summed E-state index contributed by atoms with van der Waals surface area (Å²) in [5, 5.41) is 26.5. The largest absolute Gasteiger partial charge is 0.382 e. The van der Waals surface area contributed by atoms with E-state index in [-0.39, 0.29) is 22.3 Å². The second-order valence-corrected chi connectivity index (χ2v) is 12.5. The molecule has 40 heavy (non-hydrogen) atoms. The second kappa shape index (κ2) is 10.5. The van der Waals surface area contributed by atoms with Gasteiger partial charge in [0.1, 0.15) is 4.90 Å². The summed E-state index contributed by atoms with van der Waals surface area (Å²) in [4.78, 5) is 3.79. The zero-order valence-electron chi connectivity index (χ0n) is 19.9. The van der Waals surface area contributed by atoms with Crippen molar-refractivity contribution in [1.82, 2.24) is 14.8 Å². The van der Waals surface area contributed by atoms with E-state index in [0.29, 0.717) is 10.4 Å². The summed E-state index contributed by atoms with van der Waals surface area (Å²) >= 11 is 2.05. The lowest BCUT2D eigenvalue weighted by Crippen LogP contribution is -2.11. The zero-order valence-corrected chi connectivity index (χ0v) is 23.1. The Morgan fingerprint density at radius 1 is 1.02 bits per heavy atom. The molecule has 3 aromatic carbocycles. The minimum absolute atomic E-state index is 0.0301. The summed E-state index contributed by atoms with van der Waals surface area (Å²) in [6.45, 7) is 1.50. The fourth-order valence-electron chi connectivity index (χ4n) is 3.85. The summed E-state index contributed by atoms with van der Waals surface area (Å²) in [6, 6.07) is 11.4. The third-order valence-corrected chi connectivity index (χ3v) is 8.95. The monoisotopic (exact) mass is 624 g/mol. The number of anilines is 1. The molecule has 0 radical (unpaired) electrons. The minimum atomic E-state index is -4.84. The first-order chi connectivity index (χ1) is 18.9. The molecule has 5 rings (SSSR count). The van der Waals surface area contributed by atoms with Gasteiger partial charge in [-0.3, -0.25) is 9.11 Å². The molecule has 0 fully saturated rings. The standard InChI is InChI=1S/C21H16N6O9S4/c1-10-18(20(22)27(26-10)15-9-11(39(29,30)31)5-8-17(15)40(32,33)34)24-25-21-23-14-7-6-12-13(19(14)37-21)3-2-4-16(12)38-36-35-28/h2-9,28H,22H2,1H3,(H,29,30,31)(H,32,33,34)/b25-24+. The van der Waals surface area contributed by atoms with Crippen LogP contribution in [0.3, 0.4) is 0 Å². The molecule has 0 aliphatic heterocycles. The molecule has 0 saturated heterocycles. The quantitative estimate of drug-likeness (QED) is 0.0595. The van der Waals surface area contributed by atoms with Gasteiger partial charge in [0.25, 0.3) is 20.2 Å². The average molecular weight is 625 g/mol. The lowest BCUT2D eigenvalue weighted by Gasteiger charge is -2.10. The number of aryl methyl sites for hydroxylation is 1. The molecule has 0 aliphatic rings. The maximum Gasteiger partial charge on any atom is 0.296 e. The van der Waals surface area contributed by atoms with Crippen LogP contribution in [0.2, 0.25) is 0 Å². The van der Waals surface area contributed by atoms with Gasteiger partial charge in [-0.2, -0.15) is 21.9 Å². The molecule has 15 nitrogen and oxygen atoms in total. The van der Waals surface area contributed by atoms with E-state index in [9.17, 15) is 25.9 Å². The molecule has 2 heterocycles. The van der Waals surface area contributed by atoms with Crippen LogP contribution < -0.4 is 5.73 Å². The predicted molar refractivity (Wildman–Crippen MR) is 144 cm³/mol. The lowest BCUT2D eigenvalue weighted by molar-refractivity contribution is -0.432. The third kappa shape index (κ3) is 5.29. The zero-order chi connectivity index (χ0) is 28.8. The van der Waals surface area contributed by atoms with Gasteiger partial charge in [-0.25, -0.2) is 14.9 Å². The highest BCUT2D eigenvalue weighted by Gasteiger charge is 2.24. The van der Waals surface area contributed by atoms with E-state index < -0.39 is 35.7 Å². The molecule has 0 aliphatic carbocycles. The van der Waals surface area contributed by atoms with E-state index in [2.05, 4.69) is 29.7 Å². The maximum absolute atomic E-state index is 11.9. The van der Waals surface area contributed by atoms with Gasteiger partial charge < -0.3 is 5.73 Å². The van der Waals surface area contributed by atoms with Gasteiger partial charge in [0.2, 0.25) is 5.13 Å². The van der Waals surface area contributed by atoms with E-state index in [0.717, 1.165) is 50.4 Å². The van der Waals surface area contributed by atoms with Crippen LogP contribution in [-0.4, -0.2) is 46.0 Å². The number of nitrogens with two attached hydrogens (primary N) is 1. The van der Waals surface area contributed by atoms with E-state index in [1.54, 1.807) is 18.2 Å². The Labute approximate surface area is 233 Å². The molecule has 2 aromatic heterocycles. The Balaban J connectivity index is 1.57. The van der Waals surface area contributed by atoms with Crippen molar-refractivity contribution in [1.29, 1.82) is 0 Å². The number of thiazole rings is 1. The number of rotatable bonds is 8. The number of aromatic nitrogens is 3. The van der Waals surface area contributed by atoms with Crippen molar-refractivity contribution < 1.29 is 40.6 Å². The van der Waals surface area contributed by atoms with Crippen LogP contribution in [0, 0.1) is 6.92 Å². The number of fused-ring (bicyclic) bond motifs is 3. The van der Waals surface area contributed by atoms with Gasteiger partial charge in [-0.1, -0.05) is 34.6 Å². The second-order valence-electron chi connectivity index (χ2n) is 8.00. The number of benzene rings is 3. The highest BCUT2D eigenvalue weighted by molar-refractivity contribution is 7.94. The van der Waals surface area contributed by atoms with Crippen LogP contribution in [0.4, 0.5) is 16.6 Å². The normalized spacial score (nSPS) is 12.7. The Morgan fingerprint density at radius 2 is 1.80 bits per heavy atom. The molecule has 0 amide bonds. The number of nitrogen functional groups attached to an aromatic ring is 1. The van der Waals surface area contributed by atoms with Gasteiger partial charge in [0.15, 0.2) is 11.5 Å². The predicted octanol–water partition coefficient (Wildman–Crippen LogP) is 4.86. The third-order valence-electron chi connectivity index (χ3n) is 5.55. The first kappa shape index (κ1) is 28.0. The molecular formula is C21H16N6O9S4. The van der Waals surface area contributed by atoms with E-state index in [1.165, 1.54) is 18.3 Å². The molecule has 208 valence electrons. The van der Waals surface area contributed by atoms with Crippen LogP contribution >= 0.6 is 23.4 Å². The molecule has 0 bridgehead atoms. The highest BCUT2D eigenvalue weighted by Crippen LogP contribution is 2.39. The van der Waals surface area contributed by atoms with Gasteiger partial charge in [-0.15, -0.1) is 14.6 Å². The van der Waals surface area contributed by atoms with Crippen LogP contribution in [0.1, 0.15) is 5.69 Å². The molecule has 5 aromatic rings. The van der Waals surface area contributed by atoms with E-state index >= 15 is 0 Å². The van der Waals surface area contributed by atoms with Crippen molar-refractivity contribution in [2.45, 2.75) is 21.6 Å². The van der Waals surface area contributed by atoms with Gasteiger partial charge in [0, 0.05) is 10.3 Å². The summed E-state index contributed by atoms with van der Waals surface area (Å²) in [5.41, 5.74) is 6.60. The van der Waals surface area contributed by atoms with Crippen LogP contribution in [0.5, 0.6) is 0 Å². The van der Waals surface area contributed by atoms with Crippen molar-refractivity contribution >= 4 is 81.2 Å². The van der Waals surface area contributed by atoms with Crippen LogP contribution in [0.25, 0.3) is 26.7 Å². The summed E-state index contributed by atoms with van der Waals surface area (Å²) in [6.07, 6.45) is 0. The Morgan fingerprint density at radius 3 is 2.50 bits per heavy atom. The smallest absolute Gasteiger partial charge is 0.296 e. The molecule has 0 atom stereocenters. The fraction of sp³-hybridized carbons (Fsp3) is 0.0476. The van der Waals surface area contributed by atoms with Gasteiger partial charge in [0.05, 0.1) is 38.5 Å². The molecule has 19 heteroatoms. The summed E-state index contributed by atoms with van der Waals surface area (Å²) in [5.74, 6) is -0.224. The Hall–Kier alpha value is -3.53. The van der Waals surface area contributed by atoms with Crippen molar-refractivity contribution in [3.63, 3.8) is 0 Å². The minimum Gasteiger partial charge on any atom is -0.382 e. The molecule has 5 N–H and O–H groups in total. The average Bonchev–Trinajstić information content (AvgIpc) is 3.44. The molecule has 0 unspecified atom stereocenters. The highest BCUT2D eigenvalue weighted by atomic mass is 32.2. The van der Waals surface area contributed by atoms with Gasteiger partial charge >= 0.3 is 0 Å². The number of nitrogens with zero attached hydrogens (tertiary/aromatic N) is 5. The van der Waals surface area contributed by atoms with Crippen molar-refractivity contribution in [3.8, 4) is 5.69 Å². The molecular weight excluding hydrogens is 609 g/mol. The van der Waals surface area contributed by atoms with E-state index in [1.807, 2.05) is 12.1 Å². The molecule has 0 saturated carbocycles. The maximum atomic E-state index is 11.9. The van der Waals surface area contributed by atoms with E-state index in [4.69, 9.17) is 11.0 Å². The first-order valence-electron chi connectivity index (χ1n) is 10.7. The number of hydrogen-bond donors (Lipinski definition) is 4. The van der Waals surface area contributed by atoms with Gasteiger partial charge in [-0.05, 0) is 42.6 Å². The summed E-state index contributed by atoms with van der Waals surface area (Å²) in [7, 11) is -9.57. The topological polar surface area (TPSA) is 229 Å². The van der Waals surface area contributed by atoms with Crippen molar-refractivity contribution in [2.75, 3.05) is 5.73 Å². The van der Waals surface area contributed by atoms with Crippen molar-refractivity contribution in [3.05, 3.63) is 54.2 Å². The summed E-state index contributed by atoms with van der Waals surface area (Å²) < 4.78 is 72.4. The Kier molecular flexibility index (Phi) is 7.33. The first-order valence-corrected chi connectivity index (χ1v) is 15.2. The number of azo groups is 1. The van der Waals surface area contributed by atoms with Crippen LogP contribution in [-0.2, 0) is 29.6 Å². The fourth-order valence-corrected chi connectivity index (χ4v) is 6.42. The van der Waals surface area contributed by atoms with Crippen LogP contribution in [0.15, 0.2) is 73.4 Å². The number of hydrogen-bond acceptors (Lipinski definition) is 14.